The summed E-state index contributed by atoms with van der Waals surface area (Å²) in [7, 11) is 0. The number of hydrogen-bond acceptors (Lipinski definition) is 4. The number of carbonyl (C=O) groups is 1. The number of aliphatic hydroxyl groups is 1. The van der Waals surface area contributed by atoms with Crippen LogP contribution in [0.5, 0.6) is 0 Å². The molecule has 4 nitrogen and oxygen atoms in total. The van der Waals surface area contributed by atoms with Gasteiger partial charge >= 0.3 is 5.97 Å². The maximum Gasteiger partial charge on any atom is 0.338 e. The van der Waals surface area contributed by atoms with Gasteiger partial charge in [0.15, 0.2) is 0 Å². The Bertz CT molecular complexity index is 408. The van der Waals surface area contributed by atoms with E-state index in [2.05, 4.69) is 0 Å². The molecule has 0 aromatic heterocycles. The summed E-state index contributed by atoms with van der Waals surface area (Å²) in [6.07, 6.45) is 0.487. The fourth-order valence-corrected chi connectivity index (χ4v) is 1.41. The van der Waals surface area contributed by atoms with Gasteiger partial charge in [-0.1, -0.05) is 6.07 Å². The molecule has 0 aliphatic rings. The van der Waals surface area contributed by atoms with Gasteiger partial charge in [0.05, 0.1) is 5.56 Å². The molecule has 17 heavy (non-hydrogen) atoms. The molecule has 1 aromatic rings. The molecule has 0 aliphatic carbocycles. The summed E-state index contributed by atoms with van der Waals surface area (Å²) in [4.78, 5) is 11.8. The number of anilines is 1. The summed E-state index contributed by atoms with van der Waals surface area (Å²) in [6, 6.07) is 4.99. The number of rotatable bonds is 3. The van der Waals surface area contributed by atoms with Crippen LogP contribution in [0.25, 0.3) is 0 Å². The Morgan fingerprint density at radius 3 is 2.53 bits per heavy atom. The monoisotopic (exact) mass is 237 g/mol. The zero-order valence-electron chi connectivity index (χ0n) is 10.5. The number of nitrogen functional groups attached to an aromatic ring is 1. The first-order valence-electron chi connectivity index (χ1n) is 5.56. The second kappa shape index (κ2) is 5.19. The zero-order chi connectivity index (χ0) is 13.1. The average Bonchev–Trinajstić information content (AvgIpc) is 2.18. The molecule has 3 N–H and O–H groups in total. The molecule has 4 heteroatoms. The van der Waals surface area contributed by atoms with Gasteiger partial charge in [-0.3, -0.25) is 0 Å². The number of carbonyl (C=O) groups excluding carboxylic acids is 1. The Hall–Kier alpha value is -1.55. The Balaban J connectivity index is 2.86. The maximum absolute atomic E-state index is 11.8. The lowest BCUT2D eigenvalue weighted by Crippen LogP contribution is -2.24. The molecule has 1 aromatic carbocycles. The molecule has 0 amide bonds. The summed E-state index contributed by atoms with van der Waals surface area (Å²) < 4.78 is 5.23. The molecule has 0 unspecified atom stereocenters. The molecule has 94 valence electrons. The van der Waals surface area contributed by atoms with Crippen LogP contribution >= 0.6 is 0 Å². The van der Waals surface area contributed by atoms with Crippen molar-refractivity contribution in [3.8, 4) is 0 Å². The van der Waals surface area contributed by atoms with Crippen LogP contribution in [-0.4, -0.2) is 23.3 Å². The molecular weight excluding hydrogens is 218 g/mol. The third kappa shape index (κ3) is 4.07. The Morgan fingerprint density at radius 1 is 1.41 bits per heavy atom. The van der Waals surface area contributed by atoms with Crippen LogP contribution in [0.1, 0.15) is 36.7 Å². The standard InChI is InChI=1S/C13H19NO3/c1-13(2,3)17-12(16)10-5-4-9(6-7-15)11(14)8-10/h4-5,8,15H,6-7,14H2,1-3H3. The lowest BCUT2D eigenvalue weighted by Gasteiger charge is -2.19. The third-order valence-electron chi connectivity index (χ3n) is 2.16. The topological polar surface area (TPSA) is 72.5 Å². The first kappa shape index (κ1) is 13.5. The van der Waals surface area contributed by atoms with Gasteiger partial charge in [0.2, 0.25) is 0 Å². The molecule has 0 heterocycles. The Labute approximate surface area is 101 Å². The van der Waals surface area contributed by atoms with Gasteiger partial charge in [-0.05, 0) is 44.9 Å². The molecule has 1 rings (SSSR count). The van der Waals surface area contributed by atoms with Crippen LogP contribution < -0.4 is 5.73 Å². The van der Waals surface area contributed by atoms with Crippen molar-refractivity contribution >= 4 is 11.7 Å². The minimum Gasteiger partial charge on any atom is -0.456 e. The minimum absolute atomic E-state index is 0.0377. The highest BCUT2D eigenvalue weighted by Crippen LogP contribution is 2.18. The summed E-state index contributed by atoms with van der Waals surface area (Å²) in [6.45, 7) is 5.48. The number of ether oxygens (including phenoxy) is 1. The van der Waals surface area contributed by atoms with Gasteiger partial charge in [-0.25, -0.2) is 4.79 Å². The smallest absolute Gasteiger partial charge is 0.338 e. The highest BCUT2D eigenvalue weighted by molar-refractivity contribution is 5.91. The van der Waals surface area contributed by atoms with E-state index in [-0.39, 0.29) is 12.6 Å². The minimum atomic E-state index is -0.518. The van der Waals surface area contributed by atoms with Crippen molar-refractivity contribution in [1.82, 2.24) is 0 Å². The SMILES string of the molecule is CC(C)(C)OC(=O)c1ccc(CCO)c(N)c1. The maximum atomic E-state index is 11.8. The van der Waals surface area contributed by atoms with E-state index >= 15 is 0 Å². The van der Waals surface area contributed by atoms with Gasteiger partial charge in [-0.15, -0.1) is 0 Å². The van der Waals surface area contributed by atoms with Crippen LogP contribution in [0.4, 0.5) is 5.69 Å². The van der Waals surface area contributed by atoms with Crippen LogP contribution in [0.15, 0.2) is 18.2 Å². The molecule has 0 bridgehead atoms. The Morgan fingerprint density at radius 2 is 2.06 bits per heavy atom. The van der Waals surface area contributed by atoms with E-state index in [1.165, 1.54) is 0 Å². The van der Waals surface area contributed by atoms with Crippen molar-refractivity contribution < 1.29 is 14.6 Å². The van der Waals surface area contributed by atoms with Gasteiger partial charge in [0, 0.05) is 12.3 Å². The number of hydrogen-bond donors (Lipinski definition) is 2. The summed E-state index contributed by atoms with van der Waals surface area (Å²) in [5.41, 5.74) is 7.04. The summed E-state index contributed by atoms with van der Waals surface area (Å²) in [5, 5.41) is 8.83. The highest BCUT2D eigenvalue weighted by Gasteiger charge is 2.18. The molecule has 0 atom stereocenters. The molecule has 0 spiro atoms. The third-order valence-corrected chi connectivity index (χ3v) is 2.16. The molecule has 0 fully saturated rings. The van der Waals surface area contributed by atoms with Crippen molar-refractivity contribution in [1.29, 1.82) is 0 Å². The number of esters is 1. The lowest BCUT2D eigenvalue weighted by atomic mass is 10.1. The second-order valence-electron chi connectivity index (χ2n) is 4.89. The first-order chi connectivity index (χ1) is 7.83. The van der Waals surface area contributed by atoms with Gasteiger partial charge < -0.3 is 15.6 Å². The van der Waals surface area contributed by atoms with Crippen LogP contribution in [0.3, 0.4) is 0 Å². The number of aliphatic hydroxyl groups excluding tert-OH is 1. The zero-order valence-corrected chi connectivity index (χ0v) is 10.5. The Kier molecular flexibility index (Phi) is 4.12. The van der Waals surface area contributed by atoms with Crippen molar-refractivity contribution in [2.45, 2.75) is 32.8 Å². The van der Waals surface area contributed by atoms with Crippen molar-refractivity contribution in [2.75, 3.05) is 12.3 Å². The van der Waals surface area contributed by atoms with E-state index in [1.807, 2.05) is 20.8 Å². The molecule has 0 aliphatic heterocycles. The van der Waals surface area contributed by atoms with E-state index in [9.17, 15) is 4.79 Å². The number of nitrogens with two attached hydrogens (primary N) is 1. The fraction of sp³-hybridized carbons (Fsp3) is 0.462. The summed E-state index contributed by atoms with van der Waals surface area (Å²) in [5.74, 6) is -0.389. The lowest BCUT2D eigenvalue weighted by molar-refractivity contribution is 0.00696. The van der Waals surface area contributed by atoms with Crippen molar-refractivity contribution in [2.24, 2.45) is 0 Å². The molecule has 0 saturated heterocycles. The van der Waals surface area contributed by atoms with Gasteiger partial charge in [-0.2, -0.15) is 0 Å². The first-order valence-corrected chi connectivity index (χ1v) is 5.56. The van der Waals surface area contributed by atoms with Crippen LogP contribution in [0.2, 0.25) is 0 Å². The average molecular weight is 237 g/mol. The van der Waals surface area contributed by atoms with Crippen molar-refractivity contribution in [3.05, 3.63) is 29.3 Å². The van der Waals surface area contributed by atoms with E-state index in [1.54, 1.807) is 18.2 Å². The molecule has 0 radical (unpaired) electrons. The number of benzene rings is 1. The van der Waals surface area contributed by atoms with E-state index in [0.29, 0.717) is 17.7 Å². The quantitative estimate of drug-likeness (QED) is 0.620. The molecule has 0 saturated carbocycles. The summed E-state index contributed by atoms with van der Waals surface area (Å²) >= 11 is 0. The van der Waals surface area contributed by atoms with Gasteiger partial charge in [0.25, 0.3) is 0 Å². The van der Waals surface area contributed by atoms with E-state index in [4.69, 9.17) is 15.6 Å². The highest BCUT2D eigenvalue weighted by atomic mass is 16.6. The predicted molar refractivity (Wildman–Crippen MR) is 66.8 cm³/mol. The largest absolute Gasteiger partial charge is 0.456 e. The predicted octanol–water partition coefficient (Wildman–Crippen LogP) is 1.76. The second-order valence-corrected chi connectivity index (χ2v) is 4.89. The van der Waals surface area contributed by atoms with Gasteiger partial charge in [0.1, 0.15) is 5.60 Å². The van der Waals surface area contributed by atoms with Crippen LogP contribution in [-0.2, 0) is 11.2 Å². The van der Waals surface area contributed by atoms with Crippen LogP contribution in [0, 0.1) is 0 Å². The van der Waals surface area contributed by atoms with E-state index < -0.39 is 5.60 Å². The fourth-order valence-electron chi connectivity index (χ4n) is 1.41. The van der Waals surface area contributed by atoms with E-state index in [0.717, 1.165) is 5.56 Å². The molecular formula is C13H19NO3. The van der Waals surface area contributed by atoms with Crippen molar-refractivity contribution in [3.63, 3.8) is 0 Å². The normalized spacial score (nSPS) is 11.3.